The molecular formula is C37H38N2O4. The van der Waals surface area contributed by atoms with Gasteiger partial charge in [0.15, 0.2) is 0 Å². The second kappa shape index (κ2) is 12.9. The van der Waals surface area contributed by atoms with Gasteiger partial charge in [-0.1, -0.05) is 92.7 Å². The van der Waals surface area contributed by atoms with E-state index in [9.17, 15) is 9.90 Å². The van der Waals surface area contributed by atoms with Crippen LogP contribution in [-0.4, -0.2) is 36.3 Å². The van der Waals surface area contributed by atoms with Crippen molar-refractivity contribution < 1.29 is 19.4 Å². The van der Waals surface area contributed by atoms with Crippen LogP contribution >= 0.6 is 0 Å². The Balaban J connectivity index is 1.25. The highest BCUT2D eigenvalue weighted by Gasteiger charge is 2.29. The van der Waals surface area contributed by atoms with Gasteiger partial charge in [-0.2, -0.15) is 0 Å². The van der Waals surface area contributed by atoms with Gasteiger partial charge in [-0.15, -0.1) is 0 Å². The molecule has 6 heteroatoms. The van der Waals surface area contributed by atoms with Crippen molar-refractivity contribution in [1.82, 2.24) is 10.6 Å². The zero-order chi connectivity index (χ0) is 29.8. The van der Waals surface area contributed by atoms with Crippen molar-refractivity contribution in [2.45, 2.75) is 50.8 Å². The van der Waals surface area contributed by atoms with Crippen LogP contribution < -0.4 is 20.1 Å². The second-order valence-corrected chi connectivity index (χ2v) is 11.6. The van der Waals surface area contributed by atoms with Crippen LogP contribution in [0.25, 0.3) is 11.6 Å². The van der Waals surface area contributed by atoms with E-state index in [1.54, 1.807) is 0 Å². The Morgan fingerprint density at radius 2 is 1.65 bits per heavy atom. The van der Waals surface area contributed by atoms with Crippen molar-refractivity contribution in [2.24, 2.45) is 0 Å². The van der Waals surface area contributed by atoms with E-state index < -0.39 is 12.1 Å². The molecule has 220 valence electrons. The van der Waals surface area contributed by atoms with E-state index in [4.69, 9.17) is 9.47 Å². The van der Waals surface area contributed by atoms with E-state index in [-0.39, 0.29) is 11.9 Å². The van der Waals surface area contributed by atoms with Crippen molar-refractivity contribution in [3.63, 3.8) is 0 Å². The van der Waals surface area contributed by atoms with Crippen molar-refractivity contribution in [3.05, 3.63) is 125 Å². The molecule has 0 aliphatic carbocycles. The fourth-order valence-corrected chi connectivity index (χ4v) is 5.80. The third-order valence-corrected chi connectivity index (χ3v) is 8.25. The quantitative estimate of drug-likeness (QED) is 0.208. The van der Waals surface area contributed by atoms with E-state index in [2.05, 4.69) is 36.6 Å². The monoisotopic (exact) mass is 574 g/mol. The van der Waals surface area contributed by atoms with Crippen LogP contribution in [0, 0.1) is 0 Å². The Morgan fingerprint density at radius 1 is 0.907 bits per heavy atom. The summed E-state index contributed by atoms with van der Waals surface area (Å²) in [6, 6.07) is 31.1. The molecule has 1 unspecified atom stereocenters. The predicted octanol–water partition coefficient (Wildman–Crippen LogP) is 6.66. The maximum atomic E-state index is 14.0. The molecule has 2 aliphatic rings. The standard InChI is InChI=1S/C37H38N2O4/c1-24(2)26-16-17-35-30(21-26)31(18-19-42-35)38-23-33(40)32(20-25-10-4-3-5-11-25)39-37(41)29-22-27-12-6-8-14-34(27)43-36-15-9-7-13-28(29)36/h3-17,21-22,24,31-33,38,40H,18-20,23H2,1-2H3,(H,39,41)/t31?,32-,33+/m0/s1. The summed E-state index contributed by atoms with van der Waals surface area (Å²) in [5.41, 5.74) is 5.44. The Morgan fingerprint density at radius 3 is 2.47 bits per heavy atom. The van der Waals surface area contributed by atoms with Gasteiger partial charge in [0.25, 0.3) is 5.91 Å². The molecule has 2 aliphatic heterocycles. The lowest BCUT2D eigenvalue weighted by Crippen LogP contribution is -2.49. The SMILES string of the molecule is CC(C)c1ccc2c(c1)C(NC[C@@H](O)[C@H](Cc1ccccc1)NC(=O)C1=Cc3ccccc3Oc3ccccc31)CCO2. The molecule has 0 spiro atoms. The Bertz CT molecular complexity index is 1610. The zero-order valence-electron chi connectivity index (χ0n) is 24.6. The number of carbonyl (C=O) groups excluding carboxylic acids is 1. The molecule has 4 aromatic rings. The minimum absolute atomic E-state index is 0.0512. The summed E-state index contributed by atoms with van der Waals surface area (Å²) in [7, 11) is 0. The van der Waals surface area contributed by atoms with Gasteiger partial charge in [0, 0.05) is 35.7 Å². The van der Waals surface area contributed by atoms with Crippen LogP contribution in [0.15, 0.2) is 97.1 Å². The van der Waals surface area contributed by atoms with Gasteiger partial charge < -0.3 is 25.2 Å². The lowest BCUT2D eigenvalue weighted by Gasteiger charge is -2.31. The fraction of sp³-hybridized carbons (Fsp3) is 0.270. The first-order chi connectivity index (χ1) is 21.0. The van der Waals surface area contributed by atoms with Gasteiger partial charge in [0.2, 0.25) is 0 Å². The summed E-state index contributed by atoms with van der Waals surface area (Å²) in [5, 5.41) is 18.4. The highest BCUT2D eigenvalue weighted by Crippen LogP contribution is 2.38. The minimum atomic E-state index is -0.839. The van der Waals surface area contributed by atoms with Gasteiger partial charge in [0.1, 0.15) is 17.2 Å². The Kier molecular flexibility index (Phi) is 8.59. The lowest BCUT2D eigenvalue weighted by atomic mass is 9.93. The number of hydrogen-bond donors (Lipinski definition) is 3. The molecule has 43 heavy (non-hydrogen) atoms. The molecule has 6 rings (SSSR count). The van der Waals surface area contributed by atoms with E-state index in [1.165, 1.54) is 5.56 Å². The number of benzene rings is 4. The molecule has 1 amide bonds. The average Bonchev–Trinajstić information content (AvgIpc) is 3.20. The molecule has 3 atom stereocenters. The van der Waals surface area contributed by atoms with E-state index >= 15 is 0 Å². The van der Waals surface area contributed by atoms with E-state index in [0.29, 0.717) is 48.1 Å². The molecule has 0 saturated carbocycles. The molecule has 6 nitrogen and oxygen atoms in total. The minimum Gasteiger partial charge on any atom is -0.493 e. The normalized spacial score (nSPS) is 16.7. The summed E-state index contributed by atoms with van der Waals surface area (Å²) in [4.78, 5) is 14.0. The Labute approximate surface area is 253 Å². The number of rotatable bonds is 9. The third-order valence-electron chi connectivity index (χ3n) is 8.25. The summed E-state index contributed by atoms with van der Waals surface area (Å²) >= 11 is 0. The van der Waals surface area contributed by atoms with Gasteiger partial charge in [-0.25, -0.2) is 0 Å². The molecule has 0 aromatic heterocycles. The number of carbonyl (C=O) groups is 1. The molecular weight excluding hydrogens is 536 g/mol. The zero-order valence-corrected chi connectivity index (χ0v) is 24.6. The van der Waals surface area contributed by atoms with Crippen molar-refractivity contribution in [3.8, 4) is 17.2 Å². The second-order valence-electron chi connectivity index (χ2n) is 11.6. The highest BCUT2D eigenvalue weighted by molar-refractivity contribution is 6.25. The highest BCUT2D eigenvalue weighted by atomic mass is 16.5. The average molecular weight is 575 g/mol. The molecule has 0 saturated heterocycles. The maximum absolute atomic E-state index is 14.0. The van der Waals surface area contributed by atoms with Gasteiger partial charge in [-0.3, -0.25) is 4.79 Å². The number of aliphatic hydroxyl groups excluding tert-OH is 1. The van der Waals surface area contributed by atoms with Crippen molar-refractivity contribution >= 4 is 17.6 Å². The summed E-state index contributed by atoms with van der Waals surface area (Å²) < 4.78 is 12.1. The van der Waals surface area contributed by atoms with Crippen LogP contribution in [0.4, 0.5) is 0 Å². The van der Waals surface area contributed by atoms with E-state index in [0.717, 1.165) is 28.9 Å². The number of hydrogen-bond acceptors (Lipinski definition) is 5. The van der Waals surface area contributed by atoms with Gasteiger partial charge in [-0.05, 0) is 47.7 Å². The molecule has 0 fully saturated rings. The maximum Gasteiger partial charge on any atom is 0.252 e. The van der Waals surface area contributed by atoms with Crippen LogP contribution in [0.3, 0.4) is 0 Å². The molecule has 0 bridgehead atoms. The number of amides is 1. The summed E-state index contributed by atoms with van der Waals surface area (Å²) in [6.45, 7) is 5.29. The number of para-hydroxylation sites is 2. The van der Waals surface area contributed by atoms with Gasteiger partial charge >= 0.3 is 0 Å². The van der Waals surface area contributed by atoms with Crippen molar-refractivity contribution in [2.75, 3.05) is 13.2 Å². The molecule has 0 radical (unpaired) electrons. The summed E-state index contributed by atoms with van der Waals surface area (Å²) in [5.74, 6) is 2.35. The predicted molar refractivity (Wildman–Crippen MR) is 170 cm³/mol. The molecule has 2 heterocycles. The topological polar surface area (TPSA) is 79.8 Å². The molecule has 4 aromatic carbocycles. The van der Waals surface area contributed by atoms with E-state index in [1.807, 2.05) is 91.0 Å². The van der Waals surface area contributed by atoms with Crippen molar-refractivity contribution in [1.29, 1.82) is 0 Å². The first-order valence-electron chi connectivity index (χ1n) is 15.1. The van der Waals surface area contributed by atoms with Crippen LogP contribution in [0.2, 0.25) is 0 Å². The summed E-state index contributed by atoms with van der Waals surface area (Å²) in [6.07, 6.45) is 2.32. The van der Waals surface area contributed by atoms with Crippen LogP contribution in [0.5, 0.6) is 17.2 Å². The fourth-order valence-electron chi connectivity index (χ4n) is 5.80. The third kappa shape index (κ3) is 6.51. The molecule has 3 N–H and O–H groups in total. The smallest absolute Gasteiger partial charge is 0.252 e. The van der Waals surface area contributed by atoms with Gasteiger partial charge in [0.05, 0.1) is 24.3 Å². The Hall–Kier alpha value is -4.39. The largest absolute Gasteiger partial charge is 0.493 e. The number of ether oxygens (including phenoxy) is 2. The number of aliphatic hydroxyl groups is 1. The first kappa shape index (κ1) is 28.7. The first-order valence-corrected chi connectivity index (χ1v) is 15.1. The number of fused-ring (bicyclic) bond motifs is 3. The van der Waals surface area contributed by atoms with Crippen LogP contribution in [0.1, 0.15) is 60.0 Å². The lowest BCUT2D eigenvalue weighted by molar-refractivity contribution is -0.117. The van der Waals surface area contributed by atoms with Crippen LogP contribution in [-0.2, 0) is 11.2 Å². The number of nitrogens with one attached hydrogen (secondary N) is 2.